The first-order valence-electron chi connectivity index (χ1n) is 8.60. The van der Waals surface area contributed by atoms with Crippen LogP contribution in [0.5, 0.6) is 0 Å². The zero-order valence-corrected chi connectivity index (χ0v) is 16.0. The summed E-state index contributed by atoms with van der Waals surface area (Å²) < 4.78 is 0. The van der Waals surface area contributed by atoms with Crippen molar-refractivity contribution in [3.05, 3.63) is 18.2 Å². The first-order valence-corrected chi connectivity index (χ1v) is 8.60. The third kappa shape index (κ3) is 6.08. The van der Waals surface area contributed by atoms with E-state index in [1.54, 1.807) is 54.1 Å². The Morgan fingerprint density at radius 1 is 1.16 bits per heavy atom. The van der Waals surface area contributed by atoms with Gasteiger partial charge in [0.2, 0.25) is 5.91 Å². The van der Waals surface area contributed by atoms with Crippen molar-refractivity contribution in [2.45, 2.75) is 65.5 Å². The van der Waals surface area contributed by atoms with Crippen LogP contribution in [0.25, 0.3) is 0 Å². The molecule has 3 N–H and O–H groups in total. The van der Waals surface area contributed by atoms with Gasteiger partial charge in [-0.2, -0.15) is 0 Å². The van der Waals surface area contributed by atoms with Crippen molar-refractivity contribution >= 4 is 17.5 Å². The number of aromatic nitrogens is 2. The summed E-state index contributed by atoms with van der Waals surface area (Å²) in [6, 6.07) is 0. The molecule has 1 aromatic heterocycles. The van der Waals surface area contributed by atoms with Gasteiger partial charge in [0.25, 0.3) is 0 Å². The van der Waals surface area contributed by atoms with E-state index in [4.69, 9.17) is 0 Å². The number of H-pyrrole nitrogens is 1. The number of aromatic amines is 1. The lowest BCUT2D eigenvalue weighted by atomic mass is 9.93. The average Bonchev–Trinajstić information content (AvgIpc) is 3.04. The Labute approximate surface area is 149 Å². The summed E-state index contributed by atoms with van der Waals surface area (Å²) in [7, 11) is 0. The minimum atomic E-state index is -1.02. The van der Waals surface area contributed by atoms with Crippen LogP contribution in [0.15, 0.2) is 12.5 Å². The summed E-state index contributed by atoms with van der Waals surface area (Å²) in [4.78, 5) is 43.6. The molecular weight excluding hydrogens is 320 g/mol. The van der Waals surface area contributed by atoms with Gasteiger partial charge in [-0.3, -0.25) is 19.7 Å². The molecule has 0 fully saturated rings. The summed E-state index contributed by atoms with van der Waals surface area (Å²) >= 11 is 0. The standard InChI is InChI=1S/C18H30N4O3/c1-7-14(23)17(3,4)21-10-15(24)18(5,6)22-16(25)12(2)8-13-9-19-11-20-13/h9,11-12,21H,7-8,10H2,1-6H3,(H,19,20)(H,22,25)/t12-/m0/s1. The molecule has 1 aromatic rings. The highest BCUT2D eigenvalue weighted by molar-refractivity contribution is 5.95. The molecule has 0 saturated carbocycles. The molecule has 7 heteroatoms. The Kier molecular flexibility index (Phi) is 7.05. The van der Waals surface area contributed by atoms with Crippen molar-refractivity contribution in [3.8, 4) is 0 Å². The van der Waals surface area contributed by atoms with Gasteiger partial charge in [0, 0.05) is 30.7 Å². The Bertz CT molecular complexity index is 606. The zero-order chi connectivity index (χ0) is 19.3. The molecule has 1 amide bonds. The van der Waals surface area contributed by atoms with Crippen LogP contribution in [0.4, 0.5) is 0 Å². The van der Waals surface area contributed by atoms with E-state index < -0.39 is 11.1 Å². The molecule has 7 nitrogen and oxygen atoms in total. The molecule has 0 aliphatic carbocycles. The van der Waals surface area contributed by atoms with Crippen molar-refractivity contribution < 1.29 is 14.4 Å². The molecule has 1 rings (SSSR count). The van der Waals surface area contributed by atoms with Crippen LogP contribution in [0.3, 0.4) is 0 Å². The first kappa shape index (κ1) is 21.0. The van der Waals surface area contributed by atoms with Gasteiger partial charge in [-0.05, 0) is 27.7 Å². The quantitative estimate of drug-likeness (QED) is 0.592. The predicted molar refractivity (Wildman–Crippen MR) is 96.1 cm³/mol. The van der Waals surface area contributed by atoms with Gasteiger partial charge < -0.3 is 10.3 Å². The molecule has 0 spiro atoms. The number of hydrogen-bond donors (Lipinski definition) is 3. The summed E-state index contributed by atoms with van der Waals surface area (Å²) in [6.45, 7) is 10.5. The molecule has 1 heterocycles. The summed E-state index contributed by atoms with van der Waals surface area (Å²) in [5.41, 5.74) is -0.913. The van der Waals surface area contributed by atoms with E-state index in [1.165, 1.54) is 0 Å². The second-order valence-corrected chi connectivity index (χ2v) is 7.47. The Morgan fingerprint density at radius 2 is 1.80 bits per heavy atom. The molecule has 1 atom stereocenters. The highest BCUT2D eigenvalue weighted by atomic mass is 16.2. The Morgan fingerprint density at radius 3 is 2.32 bits per heavy atom. The Balaban J connectivity index is 2.59. The number of carbonyl (C=O) groups is 3. The van der Waals surface area contributed by atoms with Gasteiger partial charge in [-0.25, -0.2) is 4.98 Å². The minimum absolute atomic E-state index is 0.0148. The molecule has 0 aliphatic heterocycles. The lowest BCUT2D eigenvalue weighted by molar-refractivity contribution is -0.133. The summed E-state index contributed by atoms with van der Waals surface area (Å²) in [5.74, 6) is -0.627. The summed E-state index contributed by atoms with van der Waals surface area (Å²) in [5, 5.41) is 5.79. The SMILES string of the molecule is CCC(=O)C(C)(C)NCC(=O)C(C)(C)NC(=O)[C@@H](C)Cc1cnc[nH]1. The lowest BCUT2D eigenvalue weighted by Crippen LogP contribution is -2.57. The second kappa shape index (κ2) is 8.38. The maximum absolute atomic E-state index is 12.5. The number of amides is 1. The minimum Gasteiger partial charge on any atom is -0.348 e. The molecular formula is C18H30N4O3. The van der Waals surface area contributed by atoms with E-state index >= 15 is 0 Å². The van der Waals surface area contributed by atoms with Gasteiger partial charge in [0.15, 0.2) is 11.6 Å². The smallest absolute Gasteiger partial charge is 0.223 e. The fraction of sp³-hybridized carbons (Fsp3) is 0.667. The third-order valence-electron chi connectivity index (χ3n) is 4.37. The molecule has 140 valence electrons. The monoisotopic (exact) mass is 350 g/mol. The summed E-state index contributed by atoms with van der Waals surface area (Å²) in [6.07, 6.45) is 4.17. The van der Waals surface area contributed by atoms with E-state index in [2.05, 4.69) is 20.6 Å². The van der Waals surface area contributed by atoms with E-state index in [0.717, 1.165) is 5.69 Å². The number of nitrogens with zero attached hydrogens (tertiary/aromatic N) is 1. The van der Waals surface area contributed by atoms with Gasteiger partial charge in [0.1, 0.15) is 0 Å². The van der Waals surface area contributed by atoms with Crippen LogP contribution in [0, 0.1) is 5.92 Å². The van der Waals surface area contributed by atoms with E-state index in [-0.39, 0.29) is 29.9 Å². The van der Waals surface area contributed by atoms with Gasteiger partial charge in [-0.1, -0.05) is 13.8 Å². The third-order valence-corrected chi connectivity index (χ3v) is 4.37. The van der Waals surface area contributed by atoms with Crippen LogP contribution in [0.2, 0.25) is 0 Å². The second-order valence-electron chi connectivity index (χ2n) is 7.47. The predicted octanol–water partition coefficient (Wildman–Crippen LogP) is 1.40. The maximum Gasteiger partial charge on any atom is 0.223 e. The van der Waals surface area contributed by atoms with Crippen molar-refractivity contribution in [3.63, 3.8) is 0 Å². The normalized spacial score (nSPS) is 13.4. The van der Waals surface area contributed by atoms with Crippen molar-refractivity contribution in [2.24, 2.45) is 5.92 Å². The fourth-order valence-corrected chi connectivity index (χ4v) is 2.38. The molecule has 0 aromatic carbocycles. The molecule has 0 radical (unpaired) electrons. The number of rotatable bonds is 10. The zero-order valence-electron chi connectivity index (χ0n) is 16.0. The van der Waals surface area contributed by atoms with Crippen LogP contribution >= 0.6 is 0 Å². The van der Waals surface area contributed by atoms with Crippen LogP contribution in [0.1, 0.15) is 53.7 Å². The van der Waals surface area contributed by atoms with E-state index in [0.29, 0.717) is 12.8 Å². The average molecular weight is 350 g/mol. The van der Waals surface area contributed by atoms with Gasteiger partial charge in [-0.15, -0.1) is 0 Å². The van der Waals surface area contributed by atoms with Crippen LogP contribution in [-0.4, -0.2) is 45.1 Å². The van der Waals surface area contributed by atoms with Crippen molar-refractivity contribution in [1.29, 1.82) is 0 Å². The number of imidazole rings is 1. The number of hydrogen-bond acceptors (Lipinski definition) is 5. The van der Waals surface area contributed by atoms with Crippen LogP contribution < -0.4 is 10.6 Å². The van der Waals surface area contributed by atoms with E-state index in [1.807, 2.05) is 0 Å². The highest BCUT2D eigenvalue weighted by Gasteiger charge is 2.33. The fourth-order valence-electron chi connectivity index (χ4n) is 2.38. The lowest BCUT2D eigenvalue weighted by Gasteiger charge is -2.29. The number of nitrogens with one attached hydrogen (secondary N) is 3. The number of carbonyl (C=O) groups excluding carboxylic acids is 3. The number of Topliss-reactive ketones (excluding diaryl/α,β-unsaturated/α-hetero) is 2. The van der Waals surface area contributed by atoms with E-state index in [9.17, 15) is 14.4 Å². The topological polar surface area (TPSA) is 104 Å². The molecule has 0 unspecified atom stereocenters. The van der Waals surface area contributed by atoms with Gasteiger partial charge >= 0.3 is 0 Å². The van der Waals surface area contributed by atoms with Gasteiger partial charge in [0.05, 0.1) is 23.9 Å². The van der Waals surface area contributed by atoms with Crippen LogP contribution in [-0.2, 0) is 20.8 Å². The van der Waals surface area contributed by atoms with Crippen molar-refractivity contribution in [1.82, 2.24) is 20.6 Å². The molecule has 25 heavy (non-hydrogen) atoms. The molecule has 0 bridgehead atoms. The highest BCUT2D eigenvalue weighted by Crippen LogP contribution is 2.11. The first-order chi connectivity index (χ1) is 11.5. The number of ketones is 2. The molecule has 0 saturated heterocycles. The molecule has 0 aliphatic rings. The van der Waals surface area contributed by atoms with Crippen molar-refractivity contribution in [2.75, 3.05) is 6.54 Å². The Hall–Kier alpha value is -2.02. The maximum atomic E-state index is 12.5. The largest absolute Gasteiger partial charge is 0.348 e.